The maximum absolute atomic E-state index is 13.1. The first-order valence-corrected chi connectivity index (χ1v) is 11.9. The summed E-state index contributed by atoms with van der Waals surface area (Å²) in [6.07, 6.45) is -1.84. The first-order chi connectivity index (χ1) is 15.4. The molecule has 0 spiro atoms. The third-order valence-electron chi connectivity index (χ3n) is 5.05. The minimum absolute atomic E-state index is 0.000841. The van der Waals surface area contributed by atoms with Gasteiger partial charge in [0.1, 0.15) is 19.3 Å². The standard InChI is InChI=1S/C19H28F2N6O5S/c1-10(2)15-16(17(11(3)4)26(24-15)8-14(20)21)23-19(28)25-33(29,30)13-6-22-27-7-12(31-5)9-32-18(13)27/h6,10-12,14H,7-9H2,1-5H3,(H2,23,25,28)/t12-/m0/s1. The number of carbonyl (C=O) groups is 1. The first kappa shape index (κ1) is 24.9. The molecular formula is C19H28F2N6O5S. The van der Waals surface area contributed by atoms with Crippen LogP contribution in [-0.4, -0.2) is 60.3 Å². The average molecular weight is 491 g/mol. The number of fused-ring (bicyclic) bond motifs is 1. The van der Waals surface area contributed by atoms with Crippen LogP contribution in [0.15, 0.2) is 11.1 Å². The Hall–Kier alpha value is -2.74. The molecule has 2 aromatic rings. The molecule has 11 nitrogen and oxygen atoms in total. The van der Waals surface area contributed by atoms with Gasteiger partial charge in [-0.3, -0.25) is 4.68 Å². The number of nitrogens with one attached hydrogen (secondary N) is 2. The maximum Gasteiger partial charge on any atom is 0.333 e. The lowest BCUT2D eigenvalue weighted by molar-refractivity contribution is 0.0165. The average Bonchev–Trinajstić information content (AvgIpc) is 3.28. The van der Waals surface area contributed by atoms with E-state index in [0.717, 1.165) is 10.9 Å². The highest BCUT2D eigenvalue weighted by Crippen LogP contribution is 2.33. The van der Waals surface area contributed by atoms with E-state index in [1.54, 1.807) is 27.7 Å². The number of hydrogen-bond acceptors (Lipinski definition) is 7. The first-order valence-electron chi connectivity index (χ1n) is 10.4. The molecule has 3 rings (SSSR count). The minimum atomic E-state index is -4.34. The zero-order valence-corrected chi connectivity index (χ0v) is 19.8. The maximum atomic E-state index is 13.1. The van der Waals surface area contributed by atoms with Crippen molar-refractivity contribution in [3.63, 3.8) is 0 Å². The smallest absolute Gasteiger partial charge is 0.333 e. The van der Waals surface area contributed by atoms with E-state index in [-0.39, 0.29) is 41.0 Å². The normalized spacial score (nSPS) is 16.2. The van der Waals surface area contributed by atoms with E-state index < -0.39 is 29.0 Å². The van der Waals surface area contributed by atoms with Crippen molar-refractivity contribution < 1.29 is 31.5 Å². The second-order valence-electron chi connectivity index (χ2n) is 8.25. The minimum Gasteiger partial charge on any atom is -0.474 e. The molecule has 1 aliphatic heterocycles. The van der Waals surface area contributed by atoms with Crippen molar-refractivity contribution in [3.05, 3.63) is 17.6 Å². The van der Waals surface area contributed by atoms with Gasteiger partial charge in [-0.2, -0.15) is 10.2 Å². The Balaban J connectivity index is 1.86. The van der Waals surface area contributed by atoms with E-state index in [1.807, 2.05) is 4.72 Å². The molecule has 184 valence electrons. The molecule has 1 atom stereocenters. The van der Waals surface area contributed by atoms with Gasteiger partial charge in [-0.05, 0) is 11.8 Å². The molecule has 0 saturated heterocycles. The highest BCUT2D eigenvalue weighted by atomic mass is 32.2. The third kappa shape index (κ3) is 5.27. The van der Waals surface area contributed by atoms with Crippen LogP contribution in [0.2, 0.25) is 0 Å². The Bertz CT molecular complexity index is 1110. The SMILES string of the molecule is CO[C@@H]1COc2c(S(=O)(=O)NC(=O)Nc3c(C(C)C)nn(CC(F)F)c3C(C)C)cnn2C1. The molecule has 2 N–H and O–H groups in total. The number of aromatic nitrogens is 4. The zero-order valence-electron chi connectivity index (χ0n) is 19.0. The fourth-order valence-electron chi connectivity index (χ4n) is 3.58. The van der Waals surface area contributed by atoms with Gasteiger partial charge in [-0.1, -0.05) is 27.7 Å². The van der Waals surface area contributed by atoms with Crippen molar-refractivity contribution in [2.75, 3.05) is 19.0 Å². The monoisotopic (exact) mass is 490 g/mol. The number of hydrogen-bond donors (Lipinski definition) is 2. The van der Waals surface area contributed by atoms with Gasteiger partial charge in [0.2, 0.25) is 5.88 Å². The number of ether oxygens (including phenoxy) is 2. The van der Waals surface area contributed by atoms with Gasteiger partial charge < -0.3 is 14.8 Å². The van der Waals surface area contributed by atoms with Crippen LogP contribution in [0.5, 0.6) is 5.88 Å². The van der Waals surface area contributed by atoms with E-state index in [9.17, 15) is 22.0 Å². The molecule has 0 aliphatic carbocycles. The van der Waals surface area contributed by atoms with Crippen molar-refractivity contribution in [1.29, 1.82) is 0 Å². The van der Waals surface area contributed by atoms with E-state index in [1.165, 1.54) is 11.8 Å². The largest absolute Gasteiger partial charge is 0.474 e. The van der Waals surface area contributed by atoms with Crippen molar-refractivity contribution in [3.8, 4) is 5.88 Å². The van der Waals surface area contributed by atoms with Gasteiger partial charge in [0.15, 0.2) is 4.90 Å². The Kier molecular flexibility index (Phi) is 7.26. The lowest BCUT2D eigenvalue weighted by Crippen LogP contribution is -2.36. The van der Waals surface area contributed by atoms with Crippen LogP contribution in [0.3, 0.4) is 0 Å². The second kappa shape index (κ2) is 9.63. The number of anilines is 1. The van der Waals surface area contributed by atoms with Crippen LogP contribution in [-0.2, 0) is 27.8 Å². The highest BCUT2D eigenvalue weighted by molar-refractivity contribution is 7.90. The Labute approximate surface area is 190 Å². The molecule has 2 amide bonds. The molecule has 2 aromatic heterocycles. The lowest BCUT2D eigenvalue weighted by atomic mass is 10.0. The number of methoxy groups -OCH3 is 1. The molecule has 3 heterocycles. The van der Waals surface area contributed by atoms with Crippen LogP contribution in [0.25, 0.3) is 0 Å². The number of sulfonamides is 1. The summed E-state index contributed by atoms with van der Waals surface area (Å²) < 4.78 is 66.9. The predicted molar refractivity (Wildman–Crippen MR) is 114 cm³/mol. The van der Waals surface area contributed by atoms with Crippen LogP contribution in [0.4, 0.5) is 19.3 Å². The molecule has 0 aromatic carbocycles. The van der Waals surface area contributed by atoms with Gasteiger partial charge in [-0.25, -0.2) is 31.4 Å². The fraction of sp³-hybridized carbons (Fsp3) is 0.632. The number of nitrogens with zero attached hydrogens (tertiary/aromatic N) is 4. The van der Waals surface area contributed by atoms with Crippen LogP contribution in [0, 0.1) is 0 Å². The van der Waals surface area contributed by atoms with Gasteiger partial charge in [0, 0.05) is 7.11 Å². The number of halogens is 2. The summed E-state index contributed by atoms with van der Waals surface area (Å²) in [7, 11) is -2.83. The fourth-order valence-corrected chi connectivity index (χ4v) is 4.56. The molecule has 0 saturated carbocycles. The summed E-state index contributed by atoms with van der Waals surface area (Å²) in [6.45, 7) is 6.92. The summed E-state index contributed by atoms with van der Waals surface area (Å²) >= 11 is 0. The molecule has 0 unspecified atom stereocenters. The van der Waals surface area contributed by atoms with Crippen LogP contribution < -0.4 is 14.8 Å². The molecule has 0 bridgehead atoms. The summed E-state index contributed by atoms with van der Waals surface area (Å²) in [5, 5.41) is 10.7. The van der Waals surface area contributed by atoms with Crippen molar-refractivity contribution in [2.45, 2.75) is 70.0 Å². The molecule has 14 heteroatoms. The number of rotatable bonds is 8. The Morgan fingerprint density at radius 2 is 2.00 bits per heavy atom. The molecule has 1 aliphatic rings. The summed E-state index contributed by atoms with van der Waals surface area (Å²) in [5.41, 5.74) is 0.969. The molecule has 0 fully saturated rings. The Morgan fingerprint density at radius 1 is 1.30 bits per heavy atom. The number of amides is 2. The van der Waals surface area contributed by atoms with Crippen molar-refractivity contribution >= 4 is 21.7 Å². The van der Waals surface area contributed by atoms with Gasteiger partial charge in [-0.15, -0.1) is 0 Å². The quantitative estimate of drug-likeness (QED) is 0.582. The summed E-state index contributed by atoms with van der Waals surface area (Å²) in [5.74, 6) is -0.474. The summed E-state index contributed by atoms with van der Waals surface area (Å²) in [4.78, 5) is 12.4. The van der Waals surface area contributed by atoms with E-state index in [2.05, 4.69) is 15.5 Å². The zero-order chi connectivity index (χ0) is 24.5. The topological polar surface area (TPSA) is 129 Å². The third-order valence-corrected chi connectivity index (χ3v) is 6.37. The second-order valence-corrected chi connectivity index (χ2v) is 9.90. The van der Waals surface area contributed by atoms with E-state index in [4.69, 9.17) is 9.47 Å². The van der Waals surface area contributed by atoms with Gasteiger partial charge in [0.05, 0.1) is 29.8 Å². The highest BCUT2D eigenvalue weighted by Gasteiger charge is 2.32. The van der Waals surface area contributed by atoms with Crippen LogP contribution >= 0.6 is 0 Å². The molecular weight excluding hydrogens is 462 g/mol. The van der Waals surface area contributed by atoms with Crippen molar-refractivity contribution in [1.82, 2.24) is 24.3 Å². The van der Waals surface area contributed by atoms with Gasteiger partial charge >= 0.3 is 6.03 Å². The molecule has 0 radical (unpaired) electrons. The number of urea groups is 1. The molecule has 33 heavy (non-hydrogen) atoms. The van der Waals surface area contributed by atoms with Gasteiger partial charge in [0.25, 0.3) is 16.4 Å². The predicted octanol–water partition coefficient (Wildman–Crippen LogP) is 2.51. The number of alkyl halides is 2. The van der Waals surface area contributed by atoms with E-state index >= 15 is 0 Å². The van der Waals surface area contributed by atoms with Crippen molar-refractivity contribution in [2.24, 2.45) is 0 Å². The lowest BCUT2D eigenvalue weighted by Gasteiger charge is -2.23. The van der Waals surface area contributed by atoms with Crippen LogP contribution in [0.1, 0.15) is 50.9 Å². The Morgan fingerprint density at radius 3 is 2.58 bits per heavy atom. The summed E-state index contributed by atoms with van der Waals surface area (Å²) in [6, 6.07) is -1.05. The number of carbonyl (C=O) groups excluding carboxylic acids is 1. The van der Waals surface area contributed by atoms with E-state index in [0.29, 0.717) is 17.9 Å².